The van der Waals surface area contributed by atoms with Crippen LogP contribution in [0.2, 0.25) is 18.1 Å². The van der Waals surface area contributed by atoms with Crippen LogP contribution in [0.4, 0.5) is 0 Å². The summed E-state index contributed by atoms with van der Waals surface area (Å²) < 4.78 is 11.3. The van der Waals surface area contributed by atoms with Crippen molar-refractivity contribution in [2.24, 2.45) is 5.73 Å². The first-order valence-corrected chi connectivity index (χ1v) is 8.75. The van der Waals surface area contributed by atoms with E-state index in [0.717, 1.165) is 0 Å². The Morgan fingerprint density at radius 3 is 2.41 bits per heavy atom. The summed E-state index contributed by atoms with van der Waals surface area (Å²) in [6, 6.07) is -0.369. The second kappa shape index (κ2) is 4.87. The van der Waals surface area contributed by atoms with Gasteiger partial charge in [0.05, 0.1) is 6.10 Å². The van der Waals surface area contributed by atoms with E-state index in [2.05, 4.69) is 44.1 Å². The second-order valence-corrected chi connectivity index (χ2v) is 10.6. The molecule has 98 valence electrons. The molecule has 2 atom stereocenters. The number of nitrogens with zero attached hydrogens (tertiary/aromatic N) is 2. The maximum Gasteiger partial charge on any atom is 0.235 e. The lowest BCUT2D eigenvalue weighted by atomic mass is 10.2. The Hall–Kier alpha value is -0.723. The van der Waals surface area contributed by atoms with E-state index in [1.165, 1.54) is 6.39 Å². The zero-order valence-corrected chi connectivity index (χ0v) is 12.5. The van der Waals surface area contributed by atoms with E-state index in [-0.39, 0.29) is 17.2 Å². The standard InChI is InChI=1S/C11H23N3O2Si/c1-8(9(12)10-14-13-7-15-10)16-17(5,6)11(2,3)4/h7-9H,12H2,1-6H3/t8?,9-/m0/s1. The molecule has 1 rings (SSSR count). The highest BCUT2D eigenvalue weighted by molar-refractivity contribution is 6.74. The molecule has 0 spiro atoms. The highest BCUT2D eigenvalue weighted by Gasteiger charge is 2.39. The van der Waals surface area contributed by atoms with Crippen LogP contribution in [-0.4, -0.2) is 24.6 Å². The molecular formula is C11H23N3O2Si. The van der Waals surface area contributed by atoms with Crippen LogP contribution >= 0.6 is 0 Å². The average molecular weight is 257 g/mol. The van der Waals surface area contributed by atoms with Crippen molar-refractivity contribution in [3.63, 3.8) is 0 Å². The highest BCUT2D eigenvalue weighted by Crippen LogP contribution is 2.38. The molecular weight excluding hydrogens is 234 g/mol. The molecule has 0 amide bonds. The number of hydrogen-bond acceptors (Lipinski definition) is 5. The molecule has 0 saturated heterocycles. The van der Waals surface area contributed by atoms with Gasteiger partial charge in [0, 0.05) is 0 Å². The zero-order valence-electron chi connectivity index (χ0n) is 11.5. The molecule has 1 unspecified atom stereocenters. The van der Waals surface area contributed by atoms with Gasteiger partial charge in [0.2, 0.25) is 12.3 Å². The maximum absolute atomic E-state index is 6.17. The zero-order chi connectivity index (χ0) is 13.3. The molecule has 0 aliphatic carbocycles. The predicted octanol–water partition coefficient (Wildman–Crippen LogP) is 2.48. The minimum Gasteiger partial charge on any atom is -0.426 e. The fraction of sp³-hybridized carbons (Fsp3) is 0.818. The van der Waals surface area contributed by atoms with Gasteiger partial charge < -0.3 is 14.6 Å². The third-order valence-electron chi connectivity index (χ3n) is 3.45. The van der Waals surface area contributed by atoms with Gasteiger partial charge in [0.15, 0.2) is 8.32 Å². The van der Waals surface area contributed by atoms with Gasteiger partial charge in [0.25, 0.3) is 0 Å². The summed E-state index contributed by atoms with van der Waals surface area (Å²) in [7, 11) is -1.81. The van der Waals surface area contributed by atoms with Crippen LogP contribution in [0.5, 0.6) is 0 Å². The van der Waals surface area contributed by atoms with Crippen molar-refractivity contribution in [3.8, 4) is 0 Å². The summed E-state index contributed by atoms with van der Waals surface area (Å²) in [5.74, 6) is 0.427. The largest absolute Gasteiger partial charge is 0.426 e. The Morgan fingerprint density at radius 1 is 1.41 bits per heavy atom. The number of hydrogen-bond donors (Lipinski definition) is 1. The van der Waals surface area contributed by atoms with E-state index < -0.39 is 8.32 Å². The van der Waals surface area contributed by atoms with Crippen molar-refractivity contribution in [1.82, 2.24) is 10.2 Å². The van der Waals surface area contributed by atoms with Gasteiger partial charge in [-0.15, -0.1) is 10.2 Å². The molecule has 17 heavy (non-hydrogen) atoms. The van der Waals surface area contributed by atoms with E-state index in [4.69, 9.17) is 14.6 Å². The Morgan fingerprint density at radius 2 is 2.00 bits per heavy atom. The summed E-state index contributed by atoms with van der Waals surface area (Å²) >= 11 is 0. The van der Waals surface area contributed by atoms with Crippen molar-refractivity contribution in [2.45, 2.75) is 58.0 Å². The van der Waals surface area contributed by atoms with Gasteiger partial charge in [-0.3, -0.25) is 0 Å². The van der Waals surface area contributed by atoms with Gasteiger partial charge in [0.1, 0.15) is 6.04 Å². The van der Waals surface area contributed by atoms with Gasteiger partial charge in [-0.25, -0.2) is 0 Å². The molecule has 1 aromatic rings. The summed E-state index contributed by atoms with van der Waals surface area (Å²) in [6.45, 7) is 12.9. The molecule has 0 aliphatic heterocycles. The molecule has 0 fully saturated rings. The smallest absolute Gasteiger partial charge is 0.235 e. The molecule has 1 heterocycles. The van der Waals surface area contributed by atoms with E-state index >= 15 is 0 Å². The fourth-order valence-electron chi connectivity index (χ4n) is 1.24. The average Bonchev–Trinajstić information content (AvgIpc) is 2.66. The Labute approximate surface area is 104 Å². The monoisotopic (exact) mass is 257 g/mol. The first-order valence-electron chi connectivity index (χ1n) is 5.84. The minimum absolute atomic E-state index is 0.128. The van der Waals surface area contributed by atoms with Gasteiger partial charge >= 0.3 is 0 Å². The predicted molar refractivity (Wildman–Crippen MR) is 69.0 cm³/mol. The van der Waals surface area contributed by atoms with Crippen molar-refractivity contribution < 1.29 is 8.84 Å². The van der Waals surface area contributed by atoms with Crippen LogP contribution in [0.25, 0.3) is 0 Å². The van der Waals surface area contributed by atoms with Crippen LogP contribution in [0.15, 0.2) is 10.8 Å². The second-order valence-electron chi connectivity index (χ2n) is 5.89. The van der Waals surface area contributed by atoms with E-state index in [0.29, 0.717) is 5.89 Å². The summed E-state index contributed by atoms with van der Waals surface area (Å²) in [5, 5.41) is 7.62. The lowest BCUT2D eigenvalue weighted by molar-refractivity contribution is 0.157. The first kappa shape index (κ1) is 14.3. The molecule has 0 saturated carbocycles. The van der Waals surface area contributed by atoms with Gasteiger partial charge in [-0.05, 0) is 25.1 Å². The lowest BCUT2D eigenvalue weighted by Gasteiger charge is -2.39. The summed E-state index contributed by atoms with van der Waals surface area (Å²) in [6.07, 6.45) is 1.16. The van der Waals surface area contributed by atoms with Crippen LogP contribution < -0.4 is 5.73 Å². The van der Waals surface area contributed by atoms with Crippen LogP contribution in [0.1, 0.15) is 39.6 Å². The minimum atomic E-state index is -1.81. The number of nitrogens with two attached hydrogens (primary N) is 1. The van der Waals surface area contributed by atoms with Crippen molar-refractivity contribution >= 4 is 8.32 Å². The third-order valence-corrected chi connectivity index (χ3v) is 8.03. The molecule has 6 heteroatoms. The van der Waals surface area contributed by atoms with E-state index in [1.54, 1.807) is 0 Å². The normalized spacial score (nSPS) is 16.9. The van der Waals surface area contributed by atoms with Crippen molar-refractivity contribution in [3.05, 3.63) is 12.3 Å². The van der Waals surface area contributed by atoms with Crippen molar-refractivity contribution in [1.29, 1.82) is 0 Å². The Bertz CT molecular complexity index is 346. The topological polar surface area (TPSA) is 74.2 Å². The molecule has 0 radical (unpaired) electrons. The molecule has 0 bridgehead atoms. The highest BCUT2D eigenvalue weighted by atomic mass is 28.4. The number of rotatable bonds is 4. The fourth-order valence-corrected chi connectivity index (χ4v) is 2.67. The Kier molecular flexibility index (Phi) is 4.11. The van der Waals surface area contributed by atoms with Gasteiger partial charge in [-0.2, -0.15) is 0 Å². The quantitative estimate of drug-likeness (QED) is 0.839. The Balaban J connectivity index is 2.70. The third kappa shape index (κ3) is 3.37. The molecule has 0 aromatic carbocycles. The van der Waals surface area contributed by atoms with Crippen LogP contribution in [-0.2, 0) is 4.43 Å². The molecule has 1 aromatic heterocycles. The van der Waals surface area contributed by atoms with E-state index in [9.17, 15) is 0 Å². The summed E-state index contributed by atoms with van der Waals surface area (Å²) in [4.78, 5) is 0. The van der Waals surface area contributed by atoms with Crippen LogP contribution in [0, 0.1) is 0 Å². The SMILES string of the molecule is CC(O[Si](C)(C)C(C)(C)C)[C@H](N)c1nnco1. The molecule has 0 aliphatic rings. The first-order chi connectivity index (χ1) is 7.65. The number of aromatic nitrogens is 2. The maximum atomic E-state index is 6.17. The molecule has 5 nitrogen and oxygen atoms in total. The summed E-state index contributed by atoms with van der Waals surface area (Å²) in [5.41, 5.74) is 6.03. The van der Waals surface area contributed by atoms with E-state index in [1.807, 2.05) is 6.92 Å². The lowest BCUT2D eigenvalue weighted by Crippen LogP contribution is -2.45. The van der Waals surface area contributed by atoms with Crippen LogP contribution in [0.3, 0.4) is 0 Å². The van der Waals surface area contributed by atoms with Gasteiger partial charge in [-0.1, -0.05) is 20.8 Å². The van der Waals surface area contributed by atoms with Crippen molar-refractivity contribution in [2.75, 3.05) is 0 Å². The molecule has 2 N–H and O–H groups in total.